The Hall–Kier alpha value is -2.70. The predicted octanol–water partition coefficient (Wildman–Crippen LogP) is 1.82. The lowest BCUT2D eigenvalue weighted by atomic mass is 10.2. The molecule has 0 radical (unpaired) electrons. The molecule has 1 aromatic carbocycles. The monoisotopic (exact) mass is 331 g/mol. The van der Waals surface area contributed by atoms with Gasteiger partial charge >= 0.3 is 5.97 Å². The summed E-state index contributed by atoms with van der Waals surface area (Å²) in [6.45, 7) is 0.821. The summed E-state index contributed by atoms with van der Waals surface area (Å²) in [5, 5.41) is 15.5. The first-order chi connectivity index (χ1) is 11.5. The maximum atomic E-state index is 12.7. The fraction of sp³-hybridized carbons (Fsp3) is 0.353. The summed E-state index contributed by atoms with van der Waals surface area (Å²) in [7, 11) is 0. The Kier molecular flexibility index (Phi) is 4.33. The van der Waals surface area contributed by atoms with Gasteiger partial charge in [0.1, 0.15) is 6.67 Å². The molecule has 1 amide bonds. The van der Waals surface area contributed by atoms with Gasteiger partial charge in [0.25, 0.3) is 5.91 Å². The highest BCUT2D eigenvalue weighted by atomic mass is 19.1. The summed E-state index contributed by atoms with van der Waals surface area (Å²) < 4.78 is 14.5. The zero-order chi connectivity index (χ0) is 17.3. The highest BCUT2D eigenvalue weighted by Gasteiger charge is 2.29. The minimum Gasteiger partial charge on any atom is -0.480 e. The van der Waals surface area contributed by atoms with Crippen LogP contribution < -0.4 is 5.32 Å². The van der Waals surface area contributed by atoms with Gasteiger partial charge in [-0.15, -0.1) is 0 Å². The molecule has 24 heavy (non-hydrogen) atoms. The zero-order valence-electron chi connectivity index (χ0n) is 13.3. The number of fused-ring (bicyclic) bond motifs is 1. The van der Waals surface area contributed by atoms with Gasteiger partial charge in [-0.25, -0.2) is 13.9 Å². The summed E-state index contributed by atoms with van der Waals surface area (Å²) >= 11 is 0. The first kappa shape index (κ1) is 16.2. The summed E-state index contributed by atoms with van der Waals surface area (Å²) in [4.78, 5) is 23.3. The molecule has 3 rings (SSSR count). The number of aliphatic carboxylic acids is 1. The van der Waals surface area contributed by atoms with Gasteiger partial charge in [-0.3, -0.25) is 4.79 Å². The van der Waals surface area contributed by atoms with Crippen molar-refractivity contribution >= 4 is 11.9 Å². The highest BCUT2D eigenvalue weighted by Crippen LogP contribution is 2.28. The molecule has 0 fully saturated rings. The van der Waals surface area contributed by atoms with Crippen LogP contribution in [0.3, 0.4) is 0 Å². The lowest BCUT2D eigenvalue weighted by Gasteiger charge is -2.10. The van der Waals surface area contributed by atoms with Gasteiger partial charge in [0, 0.05) is 11.3 Å². The van der Waals surface area contributed by atoms with E-state index in [1.807, 2.05) is 31.2 Å². The Balaban J connectivity index is 1.95. The van der Waals surface area contributed by atoms with Crippen LogP contribution in [0.1, 0.15) is 33.7 Å². The second-order valence-corrected chi connectivity index (χ2v) is 5.89. The van der Waals surface area contributed by atoms with Crippen molar-refractivity contribution in [2.45, 2.75) is 32.2 Å². The molecule has 1 heterocycles. The number of hydrogen-bond acceptors (Lipinski definition) is 3. The molecular weight excluding hydrogens is 313 g/mol. The third-order valence-corrected chi connectivity index (χ3v) is 4.18. The van der Waals surface area contributed by atoms with Crippen LogP contribution in [0.15, 0.2) is 24.3 Å². The Bertz CT molecular complexity index is 783. The van der Waals surface area contributed by atoms with Crippen molar-refractivity contribution in [3.8, 4) is 5.69 Å². The van der Waals surface area contributed by atoms with E-state index in [0.29, 0.717) is 6.42 Å². The minimum atomic E-state index is -1.56. The smallest absolute Gasteiger partial charge is 0.328 e. The minimum absolute atomic E-state index is 0.183. The number of halogens is 1. The Morgan fingerprint density at radius 1 is 1.33 bits per heavy atom. The van der Waals surface area contributed by atoms with E-state index in [-0.39, 0.29) is 5.69 Å². The van der Waals surface area contributed by atoms with Gasteiger partial charge in [0.15, 0.2) is 11.7 Å². The molecule has 6 nitrogen and oxygen atoms in total. The second kappa shape index (κ2) is 6.43. The van der Waals surface area contributed by atoms with Crippen LogP contribution in [-0.4, -0.2) is 39.5 Å². The Morgan fingerprint density at radius 2 is 2.04 bits per heavy atom. The molecule has 126 valence electrons. The predicted molar refractivity (Wildman–Crippen MR) is 85.2 cm³/mol. The summed E-state index contributed by atoms with van der Waals surface area (Å²) in [6, 6.07) is 6.21. The molecule has 2 N–H and O–H groups in total. The van der Waals surface area contributed by atoms with E-state index in [4.69, 9.17) is 5.11 Å². The van der Waals surface area contributed by atoms with Crippen molar-refractivity contribution in [2.24, 2.45) is 0 Å². The van der Waals surface area contributed by atoms with Gasteiger partial charge in [0.05, 0.1) is 5.69 Å². The van der Waals surface area contributed by atoms with E-state index in [2.05, 4.69) is 10.4 Å². The molecule has 1 atom stereocenters. The van der Waals surface area contributed by atoms with Crippen molar-refractivity contribution in [1.82, 2.24) is 15.1 Å². The number of rotatable bonds is 5. The van der Waals surface area contributed by atoms with Crippen molar-refractivity contribution in [3.05, 3.63) is 46.8 Å². The summed E-state index contributed by atoms with van der Waals surface area (Å²) in [6.07, 6.45) is 2.41. The largest absolute Gasteiger partial charge is 0.480 e. The molecule has 1 unspecified atom stereocenters. The van der Waals surface area contributed by atoms with Gasteiger partial charge in [-0.05, 0) is 38.3 Å². The number of carbonyl (C=O) groups is 2. The van der Waals surface area contributed by atoms with E-state index < -0.39 is 24.6 Å². The molecule has 7 heteroatoms. The molecule has 0 saturated carbocycles. The number of alkyl halides is 1. The fourth-order valence-electron chi connectivity index (χ4n) is 2.91. The molecule has 0 aliphatic heterocycles. The van der Waals surface area contributed by atoms with E-state index in [9.17, 15) is 14.0 Å². The first-order valence-electron chi connectivity index (χ1n) is 7.78. The maximum Gasteiger partial charge on any atom is 0.328 e. The lowest BCUT2D eigenvalue weighted by molar-refractivity contribution is -0.139. The van der Waals surface area contributed by atoms with Gasteiger partial charge in [-0.2, -0.15) is 5.10 Å². The number of amides is 1. The van der Waals surface area contributed by atoms with Crippen LogP contribution in [0.5, 0.6) is 0 Å². The van der Waals surface area contributed by atoms with Gasteiger partial charge in [-0.1, -0.05) is 17.7 Å². The van der Waals surface area contributed by atoms with Crippen molar-refractivity contribution in [1.29, 1.82) is 0 Å². The topological polar surface area (TPSA) is 84.2 Å². The van der Waals surface area contributed by atoms with Crippen LogP contribution in [0, 0.1) is 6.92 Å². The second-order valence-electron chi connectivity index (χ2n) is 5.89. The van der Waals surface area contributed by atoms with Crippen LogP contribution in [0.2, 0.25) is 0 Å². The standard InChI is InChI=1S/C17H18FN3O3/c1-10-5-7-11(8-6-10)21-14-4-2-3-12(14)15(20-21)16(22)19-13(9-18)17(23)24/h5-8,13H,2-4,9H2,1H3,(H,19,22)(H,23,24). The van der Waals surface area contributed by atoms with E-state index in [1.54, 1.807) is 4.68 Å². The molecule has 0 saturated heterocycles. The van der Waals surface area contributed by atoms with E-state index in [0.717, 1.165) is 35.3 Å². The number of nitrogens with one attached hydrogen (secondary N) is 1. The van der Waals surface area contributed by atoms with Gasteiger partial charge < -0.3 is 10.4 Å². The van der Waals surface area contributed by atoms with Crippen molar-refractivity contribution in [3.63, 3.8) is 0 Å². The third-order valence-electron chi connectivity index (χ3n) is 4.18. The van der Waals surface area contributed by atoms with Crippen LogP contribution in [-0.2, 0) is 17.6 Å². The van der Waals surface area contributed by atoms with Crippen LogP contribution in [0.25, 0.3) is 5.69 Å². The Morgan fingerprint density at radius 3 is 2.67 bits per heavy atom. The van der Waals surface area contributed by atoms with Crippen molar-refractivity contribution in [2.75, 3.05) is 6.67 Å². The third kappa shape index (κ3) is 2.89. The number of aromatic nitrogens is 2. The number of nitrogens with zero attached hydrogens (tertiary/aromatic N) is 2. The number of hydrogen-bond donors (Lipinski definition) is 2. The quantitative estimate of drug-likeness (QED) is 0.875. The number of aryl methyl sites for hydroxylation is 1. The number of carbonyl (C=O) groups excluding carboxylic acids is 1. The van der Waals surface area contributed by atoms with E-state index in [1.165, 1.54) is 0 Å². The number of carboxylic acids is 1. The van der Waals surface area contributed by atoms with Crippen LogP contribution in [0.4, 0.5) is 4.39 Å². The number of carboxylic acid groups (broad SMARTS) is 1. The average Bonchev–Trinajstić information content (AvgIpc) is 3.15. The van der Waals surface area contributed by atoms with E-state index >= 15 is 0 Å². The van der Waals surface area contributed by atoms with Crippen molar-refractivity contribution < 1.29 is 19.1 Å². The molecule has 0 spiro atoms. The Labute approximate surface area is 138 Å². The molecule has 1 aromatic heterocycles. The van der Waals surface area contributed by atoms with Gasteiger partial charge in [0.2, 0.25) is 0 Å². The van der Waals surface area contributed by atoms with Crippen LogP contribution >= 0.6 is 0 Å². The molecule has 0 bridgehead atoms. The lowest BCUT2D eigenvalue weighted by Crippen LogP contribution is -2.42. The summed E-state index contributed by atoms with van der Waals surface area (Å²) in [5.41, 5.74) is 3.92. The fourth-order valence-corrected chi connectivity index (χ4v) is 2.91. The molecule has 1 aliphatic rings. The summed E-state index contributed by atoms with van der Waals surface area (Å²) in [5.74, 6) is -2.05. The SMILES string of the molecule is Cc1ccc(-n2nc(C(=O)NC(CF)C(=O)O)c3c2CCC3)cc1. The average molecular weight is 331 g/mol. The number of benzene rings is 1. The molecule has 2 aromatic rings. The molecule has 1 aliphatic carbocycles. The first-order valence-corrected chi connectivity index (χ1v) is 7.78. The normalized spacial score (nSPS) is 14.2. The maximum absolute atomic E-state index is 12.7. The zero-order valence-corrected chi connectivity index (χ0v) is 13.3. The molecular formula is C17H18FN3O3. The highest BCUT2D eigenvalue weighted by molar-refractivity contribution is 5.96.